The lowest BCUT2D eigenvalue weighted by molar-refractivity contribution is -0.155. The van der Waals surface area contributed by atoms with Gasteiger partial charge in [0.1, 0.15) is 5.41 Å². The molecule has 0 radical (unpaired) electrons. The van der Waals surface area contributed by atoms with Gasteiger partial charge in [-0.05, 0) is 30.9 Å². The molecule has 1 N–H and O–H groups in total. The molecule has 0 spiro atoms. The minimum atomic E-state index is -4.31. The minimum Gasteiger partial charge on any atom is -0.481 e. The van der Waals surface area contributed by atoms with Gasteiger partial charge < -0.3 is 14.7 Å². The number of alkyl halides is 3. The van der Waals surface area contributed by atoms with E-state index in [-0.39, 0.29) is 25.1 Å². The van der Waals surface area contributed by atoms with Crippen molar-refractivity contribution < 1.29 is 32.6 Å². The Morgan fingerprint density at radius 3 is 2.62 bits per heavy atom. The summed E-state index contributed by atoms with van der Waals surface area (Å²) >= 11 is 0. The van der Waals surface area contributed by atoms with Crippen molar-refractivity contribution >= 4 is 11.9 Å². The third-order valence-electron chi connectivity index (χ3n) is 4.66. The number of ether oxygens (including phenoxy) is 1. The van der Waals surface area contributed by atoms with Crippen molar-refractivity contribution in [3.8, 4) is 0 Å². The molecule has 1 heterocycles. The summed E-state index contributed by atoms with van der Waals surface area (Å²) in [4.78, 5) is 26.0. The highest BCUT2D eigenvalue weighted by Gasteiger charge is 2.44. The van der Waals surface area contributed by atoms with Gasteiger partial charge in [-0.3, -0.25) is 9.59 Å². The van der Waals surface area contributed by atoms with Crippen LogP contribution in [0.25, 0.3) is 0 Å². The van der Waals surface area contributed by atoms with Crippen LogP contribution in [0.15, 0.2) is 24.3 Å². The van der Waals surface area contributed by atoms with Crippen LogP contribution in [0, 0.1) is 5.41 Å². The Bertz CT molecular complexity index is 658. The maximum Gasteiger partial charge on any atom is 0.389 e. The first-order valence-corrected chi connectivity index (χ1v) is 8.35. The zero-order valence-corrected chi connectivity index (χ0v) is 14.5. The average Bonchev–Trinajstić information content (AvgIpc) is 2.59. The van der Waals surface area contributed by atoms with Crippen LogP contribution in [-0.4, -0.2) is 54.9 Å². The van der Waals surface area contributed by atoms with E-state index in [1.165, 1.54) is 24.1 Å². The number of aryl methyl sites for hydroxylation is 1. The van der Waals surface area contributed by atoms with E-state index >= 15 is 0 Å². The van der Waals surface area contributed by atoms with E-state index in [1.807, 2.05) is 0 Å². The zero-order chi connectivity index (χ0) is 19.4. The second-order valence-electron chi connectivity index (χ2n) is 6.62. The first-order chi connectivity index (χ1) is 12.2. The smallest absolute Gasteiger partial charge is 0.389 e. The normalized spacial score (nSPS) is 20.8. The summed E-state index contributed by atoms with van der Waals surface area (Å²) in [5, 5.41) is 9.58. The highest BCUT2D eigenvalue weighted by atomic mass is 19.4. The first kappa shape index (κ1) is 20.2. The number of carbonyl (C=O) groups excluding carboxylic acids is 1. The number of hydrogen-bond donors (Lipinski definition) is 1. The average molecular weight is 373 g/mol. The van der Waals surface area contributed by atoms with Crippen molar-refractivity contribution in [1.82, 2.24) is 4.90 Å². The molecule has 1 aromatic carbocycles. The molecule has 1 amide bonds. The predicted molar refractivity (Wildman–Crippen MR) is 87.9 cm³/mol. The van der Waals surface area contributed by atoms with Gasteiger partial charge >= 0.3 is 12.1 Å². The number of likely N-dealkylation sites (tertiary alicyclic amines) is 1. The fraction of sp³-hybridized carbons (Fsp3) is 0.556. The molecule has 1 atom stereocenters. The monoisotopic (exact) mass is 373 g/mol. The van der Waals surface area contributed by atoms with E-state index < -0.39 is 29.9 Å². The standard InChI is InChI=1S/C18H22F3NO4/c1-26-12-17(16(24)25)8-4-10-22(11-17)15(23)14-6-3-2-5-13(14)7-9-18(19,20)21/h2-3,5-6H,4,7-12H2,1H3,(H,24,25). The third-order valence-corrected chi connectivity index (χ3v) is 4.66. The number of nitrogens with zero attached hydrogens (tertiary/aromatic N) is 1. The van der Waals surface area contributed by atoms with Crippen molar-refractivity contribution in [3.05, 3.63) is 35.4 Å². The van der Waals surface area contributed by atoms with Crippen LogP contribution in [0.3, 0.4) is 0 Å². The number of aliphatic carboxylic acids is 1. The van der Waals surface area contributed by atoms with Gasteiger partial charge in [0.05, 0.1) is 6.61 Å². The minimum absolute atomic E-state index is 0.0252. The van der Waals surface area contributed by atoms with Gasteiger partial charge in [0.15, 0.2) is 0 Å². The van der Waals surface area contributed by atoms with Crippen molar-refractivity contribution in [3.63, 3.8) is 0 Å². The molecule has 0 saturated carbocycles. The van der Waals surface area contributed by atoms with Crippen molar-refractivity contribution in [1.29, 1.82) is 0 Å². The molecule has 26 heavy (non-hydrogen) atoms. The molecule has 0 aliphatic carbocycles. The maximum atomic E-state index is 12.9. The Morgan fingerprint density at radius 2 is 2.00 bits per heavy atom. The second kappa shape index (κ2) is 8.07. The molecule has 5 nitrogen and oxygen atoms in total. The fourth-order valence-corrected chi connectivity index (χ4v) is 3.33. The van der Waals surface area contributed by atoms with Crippen LogP contribution in [-0.2, 0) is 16.0 Å². The summed E-state index contributed by atoms with van der Waals surface area (Å²) in [6, 6.07) is 6.17. The van der Waals surface area contributed by atoms with Crippen LogP contribution in [0.1, 0.15) is 35.2 Å². The fourth-order valence-electron chi connectivity index (χ4n) is 3.33. The number of rotatable bonds is 6. The number of benzene rings is 1. The molecule has 1 unspecified atom stereocenters. The molecule has 0 aromatic heterocycles. The van der Waals surface area contributed by atoms with Gasteiger partial charge in [0.2, 0.25) is 0 Å². The van der Waals surface area contributed by atoms with Gasteiger partial charge in [-0.1, -0.05) is 18.2 Å². The largest absolute Gasteiger partial charge is 0.481 e. The number of hydrogen-bond acceptors (Lipinski definition) is 3. The Hall–Kier alpha value is -2.09. The van der Waals surface area contributed by atoms with E-state index in [4.69, 9.17) is 4.74 Å². The molecule has 144 valence electrons. The highest BCUT2D eigenvalue weighted by Crippen LogP contribution is 2.32. The van der Waals surface area contributed by atoms with Crippen LogP contribution in [0.5, 0.6) is 0 Å². The Morgan fingerprint density at radius 1 is 1.31 bits per heavy atom. The number of carbonyl (C=O) groups is 2. The molecule has 1 aromatic rings. The third kappa shape index (κ3) is 4.75. The van der Waals surface area contributed by atoms with E-state index in [0.29, 0.717) is 24.9 Å². The Labute approximate surface area is 149 Å². The Balaban J connectivity index is 2.22. The summed E-state index contributed by atoms with van der Waals surface area (Å²) in [5.74, 6) is -1.48. The predicted octanol–water partition coefficient (Wildman–Crippen LogP) is 3.13. The van der Waals surface area contributed by atoms with Crippen molar-refractivity contribution in [2.75, 3.05) is 26.8 Å². The van der Waals surface area contributed by atoms with Crippen LogP contribution < -0.4 is 0 Å². The molecule has 0 bridgehead atoms. The molecule has 1 fully saturated rings. The number of carboxylic acid groups (broad SMARTS) is 1. The lowest BCUT2D eigenvalue weighted by Crippen LogP contribution is -2.52. The lowest BCUT2D eigenvalue weighted by Gasteiger charge is -2.39. The molecule has 1 aliphatic heterocycles. The maximum absolute atomic E-state index is 12.9. The van der Waals surface area contributed by atoms with E-state index in [9.17, 15) is 27.9 Å². The zero-order valence-electron chi connectivity index (χ0n) is 14.5. The molecule has 1 aliphatic rings. The van der Waals surface area contributed by atoms with Gasteiger partial charge in [0.25, 0.3) is 5.91 Å². The van der Waals surface area contributed by atoms with Crippen molar-refractivity contribution in [2.24, 2.45) is 5.41 Å². The van der Waals surface area contributed by atoms with Gasteiger partial charge in [-0.25, -0.2) is 0 Å². The van der Waals surface area contributed by atoms with Crippen LogP contribution in [0.4, 0.5) is 13.2 Å². The van der Waals surface area contributed by atoms with Gasteiger partial charge in [0, 0.05) is 32.2 Å². The molecular formula is C18H22F3NO4. The number of piperidine rings is 1. The first-order valence-electron chi connectivity index (χ1n) is 8.35. The summed E-state index contributed by atoms with van der Waals surface area (Å²) < 4.78 is 42.6. The second-order valence-corrected chi connectivity index (χ2v) is 6.62. The summed E-state index contributed by atoms with van der Waals surface area (Å²) in [7, 11) is 1.40. The number of methoxy groups -OCH3 is 1. The van der Waals surface area contributed by atoms with E-state index in [1.54, 1.807) is 12.1 Å². The van der Waals surface area contributed by atoms with Crippen molar-refractivity contribution in [2.45, 2.75) is 31.9 Å². The summed E-state index contributed by atoms with van der Waals surface area (Å²) in [5.41, 5.74) is -0.688. The molecular weight excluding hydrogens is 351 g/mol. The topological polar surface area (TPSA) is 66.8 Å². The molecule has 1 saturated heterocycles. The number of carboxylic acids is 1. The summed E-state index contributed by atoms with van der Waals surface area (Å²) in [6.45, 7) is 0.315. The van der Waals surface area contributed by atoms with E-state index in [0.717, 1.165) is 0 Å². The van der Waals surface area contributed by atoms with Crippen LogP contribution >= 0.6 is 0 Å². The summed E-state index contributed by atoms with van der Waals surface area (Å²) in [6.07, 6.45) is -4.73. The lowest BCUT2D eigenvalue weighted by atomic mass is 9.80. The quantitative estimate of drug-likeness (QED) is 0.832. The number of amides is 1. The molecule has 2 rings (SSSR count). The Kier molecular flexibility index (Phi) is 6.28. The highest BCUT2D eigenvalue weighted by molar-refractivity contribution is 5.96. The van der Waals surface area contributed by atoms with Gasteiger partial charge in [-0.2, -0.15) is 13.2 Å². The molecule has 8 heteroatoms. The van der Waals surface area contributed by atoms with E-state index in [2.05, 4.69) is 0 Å². The van der Waals surface area contributed by atoms with Gasteiger partial charge in [-0.15, -0.1) is 0 Å². The SMILES string of the molecule is COCC1(C(=O)O)CCCN(C(=O)c2ccccc2CCC(F)(F)F)C1. The van der Waals surface area contributed by atoms with Crippen LogP contribution in [0.2, 0.25) is 0 Å². The number of halogens is 3.